The topological polar surface area (TPSA) is 92.9 Å². The van der Waals surface area contributed by atoms with E-state index in [0.29, 0.717) is 17.7 Å². The maximum Gasteiger partial charge on any atom is 0.269 e. The van der Waals surface area contributed by atoms with Crippen LogP contribution in [0, 0.1) is 10.1 Å². The second-order valence-electron chi connectivity index (χ2n) is 4.29. The van der Waals surface area contributed by atoms with Gasteiger partial charge in [-0.05, 0) is 6.07 Å². The molecule has 1 fully saturated rings. The summed E-state index contributed by atoms with van der Waals surface area (Å²) in [6.07, 6.45) is -0.253. The van der Waals surface area contributed by atoms with E-state index in [0.717, 1.165) is 0 Å². The number of methoxy groups -OCH3 is 1. The predicted octanol–water partition coefficient (Wildman–Crippen LogP) is 1.19. The molecule has 1 saturated heterocycles. The molecule has 0 bridgehead atoms. The first-order valence-electron chi connectivity index (χ1n) is 5.81. The van der Waals surface area contributed by atoms with Gasteiger partial charge in [-0.1, -0.05) is 0 Å². The molecule has 0 aromatic heterocycles. The van der Waals surface area contributed by atoms with E-state index in [2.05, 4.69) is 0 Å². The molecule has 1 aliphatic heterocycles. The summed E-state index contributed by atoms with van der Waals surface area (Å²) in [7, 11) is 1.46. The normalized spacial score (nSPS) is 18.9. The highest BCUT2D eigenvalue weighted by atomic mass is 16.6. The number of nitro benzene ring substituents is 1. The molecule has 1 amide bonds. The van der Waals surface area contributed by atoms with Crippen LogP contribution in [0.5, 0.6) is 0 Å². The van der Waals surface area contributed by atoms with E-state index < -0.39 is 11.2 Å². The molecule has 19 heavy (non-hydrogen) atoms. The average molecular weight is 266 g/mol. The number of nitro groups is 1. The summed E-state index contributed by atoms with van der Waals surface area (Å²) in [6.45, 7) is 0.132. The van der Waals surface area contributed by atoms with E-state index in [4.69, 9.17) is 4.74 Å². The van der Waals surface area contributed by atoms with E-state index in [-0.39, 0.29) is 24.6 Å². The number of aliphatic hydroxyl groups is 1. The lowest BCUT2D eigenvalue weighted by Gasteiger charge is -2.23. The van der Waals surface area contributed by atoms with Crippen molar-refractivity contribution in [1.29, 1.82) is 0 Å². The van der Waals surface area contributed by atoms with E-state index in [1.807, 2.05) is 0 Å². The summed E-state index contributed by atoms with van der Waals surface area (Å²) < 4.78 is 4.99. The number of amides is 1. The number of non-ortho nitro benzene ring substituents is 1. The lowest BCUT2D eigenvalue weighted by atomic mass is 10.1. The smallest absolute Gasteiger partial charge is 0.269 e. The third-order valence-electron chi connectivity index (χ3n) is 3.02. The fourth-order valence-corrected chi connectivity index (χ4v) is 2.15. The number of carbonyl (C=O) groups is 1. The van der Waals surface area contributed by atoms with Gasteiger partial charge in [0.2, 0.25) is 5.91 Å². The third kappa shape index (κ3) is 2.56. The second-order valence-corrected chi connectivity index (χ2v) is 4.29. The van der Waals surface area contributed by atoms with Gasteiger partial charge in [0.15, 0.2) is 0 Å². The third-order valence-corrected chi connectivity index (χ3v) is 3.02. The van der Waals surface area contributed by atoms with Crippen LogP contribution in [0.1, 0.15) is 18.4 Å². The number of nitrogens with zero attached hydrogens (tertiary/aromatic N) is 2. The summed E-state index contributed by atoms with van der Waals surface area (Å²) in [6, 6.07) is 4.14. The molecule has 1 unspecified atom stereocenters. The summed E-state index contributed by atoms with van der Waals surface area (Å²) in [5, 5.41) is 20.6. The molecule has 0 aliphatic carbocycles. The van der Waals surface area contributed by atoms with E-state index >= 15 is 0 Å². The zero-order valence-corrected chi connectivity index (χ0v) is 10.4. The van der Waals surface area contributed by atoms with E-state index in [1.165, 1.54) is 30.2 Å². The van der Waals surface area contributed by atoms with E-state index in [9.17, 15) is 20.0 Å². The quantitative estimate of drug-likeness (QED) is 0.652. The van der Waals surface area contributed by atoms with Gasteiger partial charge >= 0.3 is 0 Å². The zero-order valence-electron chi connectivity index (χ0n) is 10.4. The largest absolute Gasteiger partial charge is 0.380 e. The van der Waals surface area contributed by atoms with Crippen molar-refractivity contribution in [2.75, 3.05) is 12.0 Å². The van der Waals surface area contributed by atoms with Crippen molar-refractivity contribution in [3.8, 4) is 0 Å². The van der Waals surface area contributed by atoms with Gasteiger partial charge in [0.05, 0.1) is 17.2 Å². The van der Waals surface area contributed by atoms with Crippen LogP contribution in [0.15, 0.2) is 18.2 Å². The number of rotatable bonds is 4. The minimum absolute atomic E-state index is 0.0723. The monoisotopic (exact) mass is 266 g/mol. The number of ether oxygens (including phenoxy) is 1. The Labute approximate surface area is 109 Å². The Kier molecular flexibility index (Phi) is 3.77. The van der Waals surface area contributed by atoms with Crippen molar-refractivity contribution in [3.63, 3.8) is 0 Å². The van der Waals surface area contributed by atoms with Gasteiger partial charge in [-0.15, -0.1) is 0 Å². The van der Waals surface area contributed by atoms with Gasteiger partial charge in [0.25, 0.3) is 5.69 Å². The van der Waals surface area contributed by atoms with Crippen molar-refractivity contribution in [2.45, 2.75) is 25.7 Å². The molecule has 1 aromatic rings. The Morgan fingerprint density at radius 2 is 2.32 bits per heavy atom. The molecule has 1 N–H and O–H groups in total. The number of aliphatic hydroxyl groups excluding tert-OH is 1. The molecule has 1 heterocycles. The molecule has 0 spiro atoms. The number of benzene rings is 1. The molecule has 0 radical (unpaired) electrons. The SMILES string of the molecule is COCc1cc([N+](=O)[O-])ccc1N1C(=O)CCC1O. The minimum Gasteiger partial charge on any atom is -0.380 e. The maximum atomic E-state index is 11.8. The Balaban J connectivity index is 2.44. The molecule has 102 valence electrons. The van der Waals surface area contributed by atoms with Crippen LogP contribution in [0.25, 0.3) is 0 Å². The first-order chi connectivity index (χ1) is 9.04. The zero-order chi connectivity index (χ0) is 14.0. The molecular formula is C12H14N2O5. The lowest BCUT2D eigenvalue weighted by Crippen LogP contribution is -2.33. The van der Waals surface area contributed by atoms with Crippen molar-refractivity contribution in [1.82, 2.24) is 0 Å². The van der Waals surface area contributed by atoms with Crippen LogP contribution in [0.4, 0.5) is 11.4 Å². The minimum atomic E-state index is -0.885. The molecule has 1 atom stereocenters. The van der Waals surface area contributed by atoms with Crippen molar-refractivity contribution < 1.29 is 19.6 Å². The highest BCUT2D eigenvalue weighted by Gasteiger charge is 2.32. The van der Waals surface area contributed by atoms with Crippen LogP contribution in [-0.4, -0.2) is 29.3 Å². The van der Waals surface area contributed by atoms with Crippen LogP contribution in [0.3, 0.4) is 0 Å². The lowest BCUT2D eigenvalue weighted by molar-refractivity contribution is -0.384. The molecule has 1 aromatic carbocycles. The molecule has 7 nitrogen and oxygen atoms in total. The highest BCUT2D eigenvalue weighted by Crippen LogP contribution is 2.31. The van der Waals surface area contributed by atoms with Gasteiger partial charge in [-0.3, -0.25) is 19.8 Å². The summed E-state index contributed by atoms with van der Waals surface area (Å²) >= 11 is 0. The van der Waals surface area contributed by atoms with Gasteiger partial charge in [0, 0.05) is 37.6 Å². The second kappa shape index (κ2) is 5.33. The molecule has 0 saturated carbocycles. The molecular weight excluding hydrogens is 252 g/mol. The van der Waals surface area contributed by atoms with Crippen molar-refractivity contribution in [3.05, 3.63) is 33.9 Å². The fourth-order valence-electron chi connectivity index (χ4n) is 2.15. The Bertz CT molecular complexity index is 517. The molecule has 1 aliphatic rings. The van der Waals surface area contributed by atoms with Gasteiger partial charge in [-0.2, -0.15) is 0 Å². The van der Waals surface area contributed by atoms with E-state index in [1.54, 1.807) is 0 Å². The molecule has 2 rings (SSSR count). The van der Waals surface area contributed by atoms with Crippen LogP contribution in [-0.2, 0) is 16.1 Å². The maximum absolute atomic E-state index is 11.8. The Morgan fingerprint density at radius 1 is 1.58 bits per heavy atom. The van der Waals surface area contributed by atoms with Gasteiger partial charge in [0.1, 0.15) is 6.23 Å². The first-order valence-corrected chi connectivity index (χ1v) is 5.81. The first kappa shape index (κ1) is 13.4. The highest BCUT2D eigenvalue weighted by molar-refractivity contribution is 5.96. The fraction of sp³-hybridized carbons (Fsp3) is 0.417. The Morgan fingerprint density at radius 3 is 2.84 bits per heavy atom. The van der Waals surface area contributed by atoms with Crippen LogP contribution in [0.2, 0.25) is 0 Å². The molecule has 7 heteroatoms. The average Bonchev–Trinajstić information content (AvgIpc) is 2.70. The summed E-state index contributed by atoms with van der Waals surface area (Å²) in [4.78, 5) is 23.3. The van der Waals surface area contributed by atoms with Crippen molar-refractivity contribution >= 4 is 17.3 Å². The standard InChI is InChI=1S/C12H14N2O5/c1-19-7-8-6-9(14(17)18)2-3-10(8)13-11(15)4-5-12(13)16/h2-3,6,11,15H,4-5,7H2,1H3. The number of hydrogen-bond acceptors (Lipinski definition) is 5. The number of hydrogen-bond donors (Lipinski definition) is 1. The summed E-state index contributed by atoms with van der Waals surface area (Å²) in [5.74, 6) is -0.196. The van der Waals surface area contributed by atoms with Crippen LogP contribution < -0.4 is 4.90 Å². The predicted molar refractivity (Wildman–Crippen MR) is 66.5 cm³/mol. The Hall–Kier alpha value is -1.99. The van der Waals surface area contributed by atoms with Gasteiger partial charge < -0.3 is 9.84 Å². The summed E-state index contributed by atoms with van der Waals surface area (Å²) in [5.41, 5.74) is 0.894. The van der Waals surface area contributed by atoms with Crippen molar-refractivity contribution in [2.24, 2.45) is 0 Å². The number of anilines is 1. The van der Waals surface area contributed by atoms with Gasteiger partial charge in [-0.25, -0.2) is 0 Å². The number of carbonyl (C=O) groups excluding carboxylic acids is 1. The van der Waals surface area contributed by atoms with Crippen LogP contribution >= 0.6 is 0 Å².